The van der Waals surface area contributed by atoms with E-state index in [1.165, 1.54) is 24.4 Å². The normalized spacial score (nSPS) is 12.2. The molecule has 1 heterocycles. The van der Waals surface area contributed by atoms with Crippen LogP contribution in [0.5, 0.6) is 0 Å². The highest BCUT2D eigenvalue weighted by Gasteiger charge is 2.11. The maximum atomic E-state index is 13.1. The van der Waals surface area contributed by atoms with Crippen molar-refractivity contribution in [1.29, 1.82) is 0 Å². The Kier molecular flexibility index (Phi) is 4.32. The lowest BCUT2D eigenvalue weighted by Gasteiger charge is -2.18. The van der Waals surface area contributed by atoms with Crippen molar-refractivity contribution in [2.24, 2.45) is 0 Å². The van der Waals surface area contributed by atoms with Gasteiger partial charge in [-0.1, -0.05) is 18.5 Å². The minimum absolute atomic E-state index is 0.0620. The Morgan fingerprint density at radius 3 is 2.63 bits per heavy atom. The molecule has 0 radical (unpaired) electrons. The van der Waals surface area contributed by atoms with Gasteiger partial charge in [0.05, 0.1) is 23.0 Å². The molecule has 0 aliphatic heterocycles. The number of anilines is 1. The Balaban J connectivity index is 2.18. The van der Waals surface area contributed by atoms with E-state index in [2.05, 4.69) is 10.3 Å². The van der Waals surface area contributed by atoms with Gasteiger partial charge in [0.2, 0.25) is 0 Å². The number of rotatable bonds is 4. The zero-order valence-corrected chi connectivity index (χ0v) is 11.1. The van der Waals surface area contributed by atoms with Crippen LogP contribution in [0.1, 0.15) is 25.1 Å². The molecule has 0 saturated heterocycles. The van der Waals surface area contributed by atoms with E-state index in [-0.39, 0.29) is 16.9 Å². The van der Waals surface area contributed by atoms with Crippen molar-refractivity contribution in [2.75, 3.05) is 5.32 Å². The van der Waals surface area contributed by atoms with E-state index < -0.39 is 5.82 Å². The number of nitrogens with zero attached hydrogens (tertiary/aromatic N) is 1. The summed E-state index contributed by atoms with van der Waals surface area (Å²) in [6.07, 6.45) is 1.94. The average molecular weight is 283 g/mol. The van der Waals surface area contributed by atoms with Crippen LogP contribution in [0.3, 0.4) is 0 Å². The van der Waals surface area contributed by atoms with Crippen molar-refractivity contribution in [3.05, 3.63) is 58.9 Å². The number of pyridine rings is 1. The topological polar surface area (TPSA) is 24.9 Å². The van der Waals surface area contributed by atoms with Crippen LogP contribution in [0, 0.1) is 11.6 Å². The zero-order chi connectivity index (χ0) is 13.8. The smallest absolute Gasteiger partial charge is 0.141 e. The average Bonchev–Trinajstić information content (AvgIpc) is 2.41. The zero-order valence-electron chi connectivity index (χ0n) is 10.3. The van der Waals surface area contributed by atoms with Gasteiger partial charge in [0, 0.05) is 5.69 Å². The third-order valence-electron chi connectivity index (χ3n) is 2.78. The molecule has 5 heteroatoms. The maximum absolute atomic E-state index is 13.1. The molecule has 2 rings (SSSR count). The second-order valence-electron chi connectivity index (χ2n) is 4.14. The van der Waals surface area contributed by atoms with Crippen LogP contribution >= 0.6 is 11.6 Å². The van der Waals surface area contributed by atoms with Crippen LogP contribution in [0.15, 0.2) is 36.5 Å². The lowest BCUT2D eigenvalue weighted by atomic mass is 10.1. The van der Waals surface area contributed by atoms with Crippen molar-refractivity contribution < 1.29 is 8.78 Å². The molecule has 0 aliphatic carbocycles. The highest BCUT2D eigenvalue weighted by atomic mass is 35.5. The molecule has 2 aromatic rings. The van der Waals surface area contributed by atoms with Crippen molar-refractivity contribution >= 4 is 17.3 Å². The fraction of sp³-hybridized carbons (Fsp3) is 0.214. The van der Waals surface area contributed by atoms with E-state index in [4.69, 9.17) is 11.6 Å². The quantitative estimate of drug-likeness (QED) is 0.888. The summed E-state index contributed by atoms with van der Waals surface area (Å²) in [6, 6.07) is 7.33. The summed E-state index contributed by atoms with van der Waals surface area (Å²) in [6.45, 7) is 1.98. The summed E-state index contributed by atoms with van der Waals surface area (Å²) in [5.41, 5.74) is 1.42. The molecule has 0 aliphatic rings. The van der Waals surface area contributed by atoms with Crippen LogP contribution < -0.4 is 5.32 Å². The van der Waals surface area contributed by atoms with Gasteiger partial charge >= 0.3 is 0 Å². The van der Waals surface area contributed by atoms with Gasteiger partial charge in [0.25, 0.3) is 0 Å². The summed E-state index contributed by atoms with van der Waals surface area (Å²) in [5, 5.41) is 3.26. The predicted molar refractivity (Wildman–Crippen MR) is 72.3 cm³/mol. The number of halogens is 3. The van der Waals surface area contributed by atoms with Gasteiger partial charge in [-0.2, -0.15) is 0 Å². The standard InChI is InChI=1S/C14H13ClF2N2/c1-2-13(14-6-3-9(16)8-18-14)19-10-4-5-12(17)11(15)7-10/h3-8,13,19H,2H2,1H3. The highest BCUT2D eigenvalue weighted by molar-refractivity contribution is 6.31. The Bertz CT molecular complexity index is 558. The summed E-state index contributed by atoms with van der Waals surface area (Å²) < 4.78 is 25.9. The summed E-state index contributed by atoms with van der Waals surface area (Å²) in [7, 11) is 0. The van der Waals surface area contributed by atoms with Gasteiger partial charge in [-0.3, -0.25) is 4.98 Å². The number of hydrogen-bond donors (Lipinski definition) is 1. The second kappa shape index (κ2) is 5.97. The van der Waals surface area contributed by atoms with E-state index in [0.29, 0.717) is 5.69 Å². The van der Waals surface area contributed by atoms with Gasteiger partial charge in [-0.15, -0.1) is 0 Å². The minimum Gasteiger partial charge on any atom is -0.377 e. The third kappa shape index (κ3) is 3.41. The first-order valence-corrected chi connectivity index (χ1v) is 6.31. The molecule has 0 saturated carbocycles. The maximum Gasteiger partial charge on any atom is 0.141 e. The first-order chi connectivity index (χ1) is 9.10. The van der Waals surface area contributed by atoms with Crippen molar-refractivity contribution in [3.63, 3.8) is 0 Å². The van der Waals surface area contributed by atoms with Crippen LogP contribution in [0.4, 0.5) is 14.5 Å². The Morgan fingerprint density at radius 1 is 1.26 bits per heavy atom. The molecule has 100 valence electrons. The first-order valence-electron chi connectivity index (χ1n) is 5.93. The van der Waals surface area contributed by atoms with Gasteiger partial charge in [0.15, 0.2) is 0 Å². The predicted octanol–water partition coefficient (Wildman–Crippen LogP) is 4.58. The van der Waals surface area contributed by atoms with E-state index >= 15 is 0 Å². The molecule has 0 fully saturated rings. The first kappa shape index (κ1) is 13.7. The SMILES string of the molecule is CCC(Nc1ccc(F)c(Cl)c1)c1ccc(F)cn1. The molecular weight excluding hydrogens is 270 g/mol. The lowest BCUT2D eigenvalue weighted by Crippen LogP contribution is -2.11. The summed E-state index contributed by atoms with van der Waals surface area (Å²) >= 11 is 5.73. The van der Waals surface area contributed by atoms with Gasteiger partial charge in [-0.05, 0) is 36.8 Å². The van der Waals surface area contributed by atoms with Crippen LogP contribution in [-0.4, -0.2) is 4.98 Å². The Labute approximate surface area is 115 Å². The molecule has 1 aromatic heterocycles. The fourth-order valence-electron chi connectivity index (χ4n) is 1.77. The van der Waals surface area contributed by atoms with Gasteiger partial charge < -0.3 is 5.32 Å². The van der Waals surface area contributed by atoms with E-state index in [1.807, 2.05) is 6.92 Å². The fourth-order valence-corrected chi connectivity index (χ4v) is 1.95. The molecule has 19 heavy (non-hydrogen) atoms. The molecule has 1 aromatic carbocycles. The van der Waals surface area contributed by atoms with Gasteiger partial charge in [0.1, 0.15) is 11.6 Å². The van der Waals surface area contributed by atoms with Crippen molar-refractivity contribution in [2.45, 2.75) is 19.4 Å². The van der Waals surface area contributed by atoms with Crippen LogP contribution in [0.25, 0.3) is 0 Å². The Morgan fingerprint density at radius 2 is 2.05 bits per heavy atom. The second-order valence-corrected chi connectivity index (χ2v) is 4.54. The molecule has 0 bridgehead atoms. The highest BCUT2D eigenvalue weighted by Crippen LogP contribution is 2.24. The summed E-state index contributed by atoms with van der Waals surface area (Å²) in [4.78, 5) is 4.04. The largest absolute Gasteiger partial charge is 0.377 e. The molecule has 0 spiro atoms. The summed E-state index contributed by atoms with van der Waals surface area (Å²) in [5.74, 6) is -0.830. The van der Waals surface area contributed by atoms with Crippen molar-refractivity contribution in [1.82, 2.24) is 4.98 Å². The third-order valence-corrected chi connectivity index (χ3v) is 3.07. The molecule has 1 N–H and O–H groups in total. The van der Waals surface area contributed by atoms with Gasteiger partial charge in [-0.25, -0.2) is 8.78 Å². The van der Waals surface area contributed by atoms with Crippen molar-refractivity contribution in [3.8, 4) is 0 Å². The monoisotopic (exact) mass is 282 g/mol. The number of aromatic nitrogens is 1. The van der Waals surface area contributed by atoms with Crippen LogP contribution in [0.2, 0.25) is 5.02 Å². The molecule has 1 atom stereocenters. The number of nitrogens with one attached hydrogen (secondary N) is 1. The molecule has 2 nitrogen and oxygen atoms in total. The number of benzene rings is 1. The lowest BCUT2D eigenvalue weighted by molar-refractivity contribution is 0.614. The van der Waals surface area contributed by atoms with E-state index in [1.54, 1.807) is 12.1 Å². The van der Waals surface area contributed by atoms with E-state index in [9.17, 15) is 8.78 Å². The van der Waals surface area contributed by atoms with E-state index in [0.717, 1.165) is 12.1 Å². The molecular formula is C14H13ClF2N2. The van der Waals surface area contributed by atoms with Crippen LogP contribution in [-0.2, 0) is 0 Å². The minimum atomic E-state index is -0.458. The molecule has 0 amide bonds. The Hall–Kier alpha value is -1.68. The molecule has 1 unspecified atom stereocenters. The number of hydrogen-bond acceptors (Lipinski definition) is 2.